The topological polar surface area (TPSA) is 41.1 Å². The Morgan fingerprint density at radius 2 is 1.94 bits per heavy atom. The van der Waals surface area contributed by atoms with Crippen molar-refractivity contribution in [3.8, 4) is 0 Å². The number of benzene rings is 1. The van der Waals surface area contributed by atoms with Gasteiger partial charge in [0.15, 0.2) is 0 Å². The summed E-state index contributed by atoms with van der Waals surface area (Å²) in [4.78, 5) is 11.6. The van der Waals surface area contributed by atoms with Crippen LogP contribution in [0.5, 0.6) is 0 Å². The van der Waals surface area contributed by atoms with Crippen LogP contribution in [0.2, 0.25) is 5.02 Å². The fourth-order valence-electron chi connectivity index (χ4n) is 1.62. The molecule has 0 aromatic heterocycles. The van der Waals surface area contributed by atoms with Crippen LogP contribution in [-0.4, -0.2) is 19.5 Å². The van der Waals surface area contributed by atoms with Crippen LogP contribution in [0, 0.1) is 0 Å². The summed E-state index contributed by atoms with van der Waals surface area (Å²) in [5.74, 6) is 0.0705. The predicted molar refractivity (Wildman–Crippen MR) is 78.4 cm³/mol. The SMILES string of the molecule is CCC(NC(=O)CCNC)c1ccc(Cl)cc1.Cl. The number of amides is 1. The molecule has 0 saturated carbocycles. The smallest absolute Gasteiger partial charge is 0.221 e. The molecule has 0 aliphatic carbocycles. The molecule has 0 radical (unpaired) electrons. The van der Waals surface area contributed by atoms with Crippen LogP contribution < -0.4 is 10.6 Å². The Balaban J connectivity index is 0.00000289. The van der Waals surface area contributed by atoms with E-state index in [4.69, 9.17) is 11.6 Å². The maximum atomic E-state index is 11.6. The molecular weight excluding hydrogens is 271 g/mol. The highest BCUT2D eigenvalue weighted by molar-refractivity contribution is 6.30. The number of nitrogens with one attached hydrogen (secondary N) is 2. The maximum absolute atomic E-state index is 11.6. The van der Waals surface area contributed by atoms with Crippen LogP contribution >= 0.6 is 24.0 Å². The molecule has 1 amide bonds. The predicted octanol–water partition coefficient (Wildman–Crippen LogP) is 2.94. The van der Waals surface area contributed by atoms with Crippen molar-refractivity contribution in [3.63, 3.8) is 0 Å². The average Bonchev–Trinajstić information content (AvgIpc) is 2.34. The van der Waals surface area contributed by atoms with Gasteiger partial charge in [0.25, 0.3) is 0 Å². The number of carbonyl (C=O) groups is 1. The van der Waals surface area contributed by atoms with E-state index in [9.17, 15) is 4.79 Å². The summed E-state index contributed by atoms with van der Waals surface area (Å²) in [6, 6.07) is 7.67. The Bertz CT molecular complexity index is 355. The molecule has 0 fully saturated rings. The highest BCUT2D eigenvalue weighted by Gasteiger charge is 2.11. The Hall–Kier alpha value is -0.770. The Morgan fingerprint density at radius 3 is 2.44 bits per heavy atom. The van der Waals surface area contributed by atoms with Crippen LogP contribution in [0.1, 0.15) is 31.4 Å². The lowest BCUT2D eigenvalue weighted by atomic mass is 10.0. The lowest BCUT2D eigenvalue weighted by molar-refractivity contribution is -0.121. The molecule has 2 N–H and O–H groups in total. The van der Waals surface area contributed by atoms with E-state index in [1.807, 2.05) is 31.3 Å². The minimum absolute atomic E-state index is 0. The lowest BCUT2D eigenvalue weighted by Crippen LogP contribution is -2.30. The van der Waals surface area contributed by atoms with Gasteiger partial charge >= 0.3 is 0 Å². The van der Waals surface area contributed by atoms with Gasteiger partial charge in [-0.3, -0.25) is 4.79 Å². The van der Waals surface area contributed by atoms with Gasteiger partial charge < -0.3 is 10.6 Å². The highest BCUT2D eigenvalue weighted by Crippen LogP contribution is 2.19. The van der Waals surface area contributed by atoms with E-state index >= 15 is 0 Å². The molecule has 0 heterocycles. The molecular formula is C13H20Cl2N2O. The van der Waals surface area contributed by atoms with Gasteiger partial charge in [-0.25, -0.2) is 0 Å². The summed E-state index contributed by atoms with van der Waals surface area (Å²) in [7, 11) is 1.84. The third-order valence-electron chi connectivity index (χ3n) is 2.62. The first-order valence-electron chi connectivity index (χ1n) is 5.86. The minimum atomic E-state index is 0. The number of carbonyl (C=O) groups excluding carboxylic acids is 1. The second kappa shape index (κ2) is 9.20. The van der Waals surface area contributed by atoms with Crippen LogP contribution in [0.3, 0.4) is 0 Å². The lowest BCUT2D eigenvalue weighted by Gasteiger charge is -2.17. The largest absolute Gasteiger partial charge is 0.349 e. The first kappa shape index (κ1) is 17.2. The van der Waals surface area contributed by atoms with Gasteiger partial charge in [-0.15, -0.1) is 12.4 Å². The van der Waals surface area contributed by atoms with Crippen LogP contribution in [0.15, 0.2) is 24.3 Å². The molecule has 1 aromatic rings. The number of halogens is 2. The Kier molecular flexibility index (Phi) is 8.81. The molecule has 3 nitrogen and oxygen atoms in total. The van der Waals surface area contributed by atoms with Crippen molar-refractivity contribution >= 4 is 29.9 Å². The van der Waals surface area contributed by atoms with Crippen molar-refractivity contribution in [2.45, 2.75) is 25.8 Å². The second-order valence-electron chi connectivity index (χ2n) is 3.93. The van der Waals surface area contributed by atoms with Gasteiger partial charge in [0, 0.05) is 18.0 Å². The van der Waals surface area contributed by atoms with Crippen LogP contribution in [0.4, 0.5) is 0 Å². The van der Waals surface area contributed by atoms with Gasteiger partial charge in [-0.1, -0.05) is 30.7 Å². The zero-order valence-electron chi connectivity index (χ0n) is 10.7. The third kappa shape index (κ3) is 5.71. The quantitative estimate of drug-likeness (QED) is 0.846. The first-order valence-corrected chi connectivity index (χ1v) is 6.24. The van der Waals surface area contributed by atoms with Gasteiger partial charge in [-0.2, -0.15) is 0 Å². The molecule has 0 saturated heterocycles. The third-order valence-corrected chi connectivity index (χ3v) is 2.87. The van der Waals surface area contributed by atoms with E-state index < -0.39 is 0 Å². The highest BCUT2D eigenvalue weighted by atomic mass is 35.5. The molecule has 1 aromatic carbocycles. The van der Waals surface area contributed by atoms with Crippen LogP contribution in [0.25, 0.3) is 0 Å². The van der Waals surface area contributed by atoms with Crippen molar-refractivity contribution in [2.24, 2.45) is 0 Å². The fraction of sp³-hybridized carbons (Fsp3) is 0.462. The van der Waals surface area contributed by atoms with Crippen LogP contribution in [-0.2, 0) is 4.79 Å². The molecule has 0 aliphatic rings. The van der Waals surface area contributed by atoms with Gasteiger partial charge in [-0.05, 0) is 31.2 Å². The van der Waals surface area contributed by atoms with Crippen molar-refractivity contribution in [3.05, 3.63) is 34.9 Å². The summed E-state index contributed by atoms with van der Waals surface area (Å²) < 4.78 is 0. The van der Waals surface area contributed by atoms with E-state index in [0.29, 0.717) is 18.0 Å². The Morgan fingerprint density at radius 1 is 1.33 bits per heavy atom. The molecule has 5 heteroatoms. The summed E-state index contributed by atoms with van der Waals surface area (Å²) in [6.45, 7) is 2.75. The standard InChI is InChI=1S/C13H19ClN2O.ClH/c1-3-12(16-13(17)8-9-15-2)10-4-6-11(14)7-5-10;/h4-7,12,15H,3,8-9H2,1-2H3,(H,16,17);1H. The molecule has 1 atom stereocenters. The molecule has 0 bridgehead atoms. The molecule has 18 heavy (non-hydrogen) atoms. The molecule has 1 rings (SSSR count). The van der Waals surface area contributed by atoms with E-state index in [1.165, 1.54) is 0 Å². The van der Waals surface area contributed by atoms with Gasteiger partial charge in [0.05, 0.1) is 6.04 Å². The summed E-state index contributed by atoms with van der Waals surface area (Å²) in [5.41, 5.74) is 1.09. The van der Waals surface area contributed by atoms with E-state index in [1.54, 1.807) is 0 Å². The second-order valence-corrected chi connectivity index (χ2v) is 4.37. The fourth-order valence-corrected chi connectivity index (χ4v) is 1.75. The zero-order chi connectivity index (χ0) is 12.7. The normalized spacial score (nSPS) is 11.5. The molecule has 1 unspecified atom stereocenters. The maximum Gasteiger partial charge on any atom is 0.221 e. The molecule has 0 aliphatic heterocycles. The van der Waals surface area contributed by atoms with Gasteiger partial charge in [0.2, 0.25) is 5.91 Å². The Labute approximate surface area is 120 Å². The zero-order valence-corrected chi connectivity index (χ0v) is 12.3. The molecule has 102 valence electrons. The van der Waals surface area contributed by atoms with E-state index in [2.05, 4.69) is 17.6 Å². The molecule has 0 spiro atoms. The van der Waals surface area contributed by atoms with Crippen molar-refractivity contribution in [1.82, 2.24) is 10.6 Å². The first-order chi connectivity index (χ1) is 8.17. The van der Waals surface area contributed by atoms with Gasteiger partial charge in [0.1, 0.15) is 0 Å². The van der Waals surface area contributed by atoms with E-state index in [-0.39, 0.29) is 24.4 Å². The summed E-state index contributed by atoms with van der Waals surface area (Å²) >= 11 is 5.84. The van der Waals surface area contributed by atoms with Crippen molar-refractivity contribution < 1.29 is 4.79 Å². The number of rotatable bonds is 6. The number of hydrogen-bond donors (Lipinski definition) is 2. The summed E-state index contributed by atoms with van der Waals surface area (Å²) in [6.07, 6.45) is 1.37. The van der Waals surface area contributed by atoms with Crippen molar-refractivity contribution in [1.29, 1.82) is 0 Å². The monoisotopic (exact) mass is 290 g/mol. The van der Waals surface area contributed by atoms with E-state index in [0.717, 1.165) is 12.0 Å². The average molecular weight is 291 g/mol. The minimum Gasteiger partial charge on any atom is -0.349 e. The summed E-state index contributed by atoms with van der Waals surface area (Å²) in [5, 5.41) is 6.69. The van der Waals surface area contributed by atoms with Crippen molar-refractivity contribution in [2.75, 3.05) is 13.6 Å². The number of hydrogen-bond acceptors (Lipinski definition) is 2.